The summed E-state index contributed by atoms with van der Waals surface area (Å²) in [5, 5.41) is 0. The Bertz CT molecular complexity index is 586. The molecule has 0 radical (unpaired) electrons. The summed E-state index contributed by atoms with van der Waals surface area (Å²) < 4.78 is 31.4. The van der Waals surface area contributed by atoms with Crippen molar-refractivity contribution in [1.29, 1.82) is 0 Å². The van der Waals surface area contributed by atoms with Crippen molar-refractivity contribution in [2.45, 2.75) is 25.7 Å². The first kappa shape index (κ1) is 16.4. The second-order valence-corrected chi connectivity index (χ2v) is 6.14. The van der Waals surface area contributed by atoms with Crippen LogP contribution >= 0.6 is 0 Å². The van der Waals surface area contributed by atoms with E-state index >= 15 is 0 Å². The third kappa shape index (κ3) is 4.17. The molecule has 1 aromatic rings. The third-order valence-electron chi connectivity index (χ3n) is 2.58. The van der Waals surface area contributed by atoms with Crippen molar-refractivity contribution in [3.63, 3.8) is 0 Å². The SMILES string of the molecule is CCOC(=O)[C@H](C)CNS(=O)(=O)c1cc(C)cnc1N. The van der Waals surface area contributed by atoms with Crippen LogP contribution in [0.2, 0.25) is 0 Å². The largest absolute Gasteiger partial charge is 0.466 e. The molecule has 20 heavy (non-hydrogen) atoms. The minimum Gasteiger partial charge on any atom is -0.466 e. The quantitative estimate of drug-likeness (QED) is 0.738. The number of nitrogen functional groups attached to an aromatic ring is 1. The third-order valence-corrected chi connectivity index (χ3v) is 4.03. The van der Waals surface area contributed by atoms with Gasteiger partial charge in [0.25, 0.3) is 0 Å². The first-order chi connectivity index (χ1) is 9.27. The van der Waals surface area contributed by atoms with E-state index < -0.39 is 21.9 Å². The molecule has 0 fully saturated rings. The standard InChI is InChI=1S/C12H19N3O4S/c1-4-19-12(16)9(3)7-15-20(17,18)10-5-8(2)6-14-11(10)13/h5-6,9,15H,4,7H2,1-3H3,(H2,13,14)/t9-/m1/s1. The molecule has 0 saturated carbocycles. The van der Waals surface area contributed by atoms with Gasteiger partial charge in [0, 0.05) is 12.7 Å². The molecule has 0 aromatic carbocycles. The van der Waals surface area contributed by atoms with Crippen molar-refractivity contribution in [2.75, 3.05) is 18.9 Å². The molecule has 0 amide bonds. The fraction of sp³-hybridized carbons (Fsp3) is 0.500. The zero-order chi connectivity index (χ0) is 15.3. The van der Waals surface area contributed by atoms with Crippen LogP contribution in [0.1, 0.15) is 19.4 Å². The Hall–Kier alpha value is -1.67. The molecular weight excluding hydrogens is 282 g/mol. The first-order valence-electron chi connectivity index (χ1n) is 6.16. The molecule has 1 atom stereocenters. The maximum absolute atomic E-state index is 12.1. The van der Waals surface area contributed by atoms with Gasteiger partial charge in [0.2, 0.25) is 10.0 Å². The zero-order valence-electron chi connectivity index (χ0n) is 11.7. The molecule has 0 spiro atoms. The summed E-state index contributed by atoms with van der Waals surface area (Å²) in [6, 6.07) is 1.43. The van der Waals surface area contributed by atoms with E-state index in [2.05, 4.69) is 9.71 Å². The first-order valence-corrected chi connectivity index (χ1v) is 7.64. The summed E-state index contributed by atoms with van der Waals surface area (Å²) in [4.78, 5) is 15.1. The number of ether oxygens (including phenoxy) is 1. The van der Waals surface area contributed by atoms with Gasteiger partial charge >= 0.3 is 5.97 Å². The topological polar surface area (TPSA) is 111 Å². The normalized spacial score (nSPS) is 12.9. The zero-order valence-corrected chi connectivity index (χ0v) is 12.5. The molecule has 1 rings (SSSR count). The van der Waals surface area contributed by atoms with Crippen molar-refractivity contribution >= 4 is 21.8 Å². The van der Waals surface area contributed by atoms with E-state index in [4.69, 9.17) is 10.5 Å². The monoisotopic (exact) mass is 301 g/mol. The minimum atomic E-state index is -3.80. The van der Waals surface area contributed by atoms with Gasteiger partial charge in [-0.15, -0.1) is 0 Å². The Morgan fingerprint density at radius 1 is 1.55 bits per heavy atom. The van der Waals surface area contributed by atoms with Crippen molar-refractivity contribution in [3.8, 4) is 0 Å². The molecule has 0 unspecified atom stereocenters. The van der Waals surface area contributed by atoms with Gasteiger partial charge in [0.15, 0.2) is 0 Å². The maximum atomic E-state index is 12.1. The number of sulfonamides is 1. The summed E-state index contributed by atoms with van der Waals surface area (Å²) in [7, 11) is -3.80. The summed E-state index contributed by atoms with van der Waals surface area (Å²) >= 11 is 0. The molecule has 7 nitrogen and oxygen atoms in total. The van der Waals surface area contributed by atoms with Crippen LogP contribution in [-0.2, 0) is 19.6 Å². The molecule has 1 heterocycles. The summed E-state index contributed by atoms with van der Waals surface area (Å²) in [6.07, 6.45) is 1.48. The Balaban J connectivity index is 2.80. The van der Waals surface area contributed by atoms with Gasteiger partial charge in [-0.25, -0.2) is 18.1 Å². The van der Waals surface area contributed by atoms with Crippen LogP contribution in [-0.4, -0.2) is 32.5 Å². The molecule has 1 aromatic heterocycles. The van der Waals surface area contributed by atoms with Crippen molar-refractivity contribution < 1.29 is 17.9 Å². The van der Waals surface area contributed by atoms with Crippen LogP contribution in [0, 0.1) is 12.8 Å². The lowest BCUT2D eigenvalue weighted by Crippen LogP contribution is -2.33. The number of anilines is 1. The molecule has 3 N–H and O–H groups in total. The molecule has 0 saturated heterocycles. The number of aryl methyl sites for hydroxylation is 1. The average Bonchev–Trinajstić information content (AvgIpc) is 2.39. The summed E-state index contributed by atoms with van der Waals surface area (Å²) in [5.74, 6) is -1.11. The fourth-order valence-corrected chi connectivity index (χ4v) is 2.74. The van der Waals surface area contributed by atoms with E-state index in [-0.39, 0.29) is 23.9 Å². The number of rotatable bonds is 6. The lowest BCUT2D eigenvalue weighted by molar-refractivity contribution is -0.147. The number of carbonyl (C=O) groups excluding carboxylic acids is 1. The molecule has 0 aliphatic heterocycles. The number of hydrogen-bond donors (Lipinski definition) is 2. The number of nitrogens with two attached hydrogens (primary N) is 1. The lowest BCUT2D eigenvalue weighted by atomic mass is 10.2. The molecule has 0 aliphatic rings. The molecule has 0 aliphatic carbocycles. The second-order valence-electron chi connectivity index (χ2n) is 4.40. The highest BCUT2D eigenvalue weighted by molar-refractivity contribution is 7.89. The second kappa shape index (κ2) is 6.67. The minimum absolute atomic E-state index is 0.0610. The molecular formula is C12H19N3O4S. The lowest BCUT2D eigenvalue weighted by Gasteiger charge is -2.13. The predicted molar refractivity (Wildman–Crippen MR) is 74.4 cm³/mol. The number of esters is 1. The van der Waals surface area contributed by atoms with Gasteiger partial charge in [0.05, 0.1) is 12.5 Å². The number of nitrogens with one attached hydrogen (secondary N) is 1. The van der Waals surface area contributed by atoms with Gasteiger partial charge in [0.1, 0.15) is 10.7 Å². The number of pyridine rings is 1. The van der Waals surface area contributed by atoms with Crippen LogP contribution in [0.5, 0.6) is 0 Å². The number of nitrogens with zero attached hydrogens (tertiary/aromatic N) is 1. The van der Waals surface area contributed by atoms with E-state index in [1.807, 2.05) is 0 Å². The summed E-state index contributed by atoms with van der Waals surface area (Å²) in [6.45, 7) is 5.18. The van der Waals surface area contributed by atoms with Crippen LogP contribution in [0.4, 0.5) is 5.82 Å². The highest BCUT2D eigenvalue weighted by atomic mass is 32.2. The van der Waals surface area contributed by atoms with Crippen molar-refractivity contribution in [1.82, 2.24) is 9.71 Å². The Morgan fingerprint density at radius 3 is 2.80 bits per heavy atom. The Labute approximate surface area is 118 Å². The number of aromatic nitrogens is 1. The highest BCUT2D eigenvalue weighted by Crippen LogP contribution is 2.16. The number of carbonyl (C=O) groups is 1. The Kier molecular flexibility index (Phi) is 5.46. The van der Waals surface area contributed by atoms with Gasteiger partial charge < -0.3 is 10.5 Å². The molecule has 0 bridgehead atoms. The van der Waals surface area contributed by atoms with Gasteiger partial charge in [-0.3, -0.25) is 4.79 Å². The van der Waals surface area contributed by atoms with Gasteiger partial charge in [-0.1, -0.05) is 6.92 Å². The van der Waals surface area contributed by atoms with Gasteiger partial charge in [-0.2, -0.15) is 0 Å². The van der Waals surface area contributed by atoms with Crippen LogP contribution in [0.3, 0.4) is 0 Å². The predicted octanol–water partition coefficient (Wildman–Crippen LogP) is 0.450. The van der Waals surface area contributed by atoms with E-state index in [0.717, 1.165) is 0 Å². The fourth-order valence-electron chi connectivity index (χ4n) is 1.45. The smallest absolute Gasteiger partial charge is 0.309 e. The van der Waals surface area contributed by atoms with E-state index in [9.17, 15) is 13.2 Å². The maximum Gasteiger partial charge on any atom is 0.309 e. The van der Waals surface area contributed by atoms with Crippen LogP contribution < -0.4 is 10.5 Å². The summed E-state index contributed by atoms with van der Waals surface area (Å²) in [5.41, 5.74) is 6.25. The van der Waals surface area contributed by atoms with Crippen LogP contribution in [0.15, 0.2) is 17.2 Å². The number of hydrogen-bond acceptors (Lipinski definition) is 6. The van der Waals surface area contributed by atoms with Crippen LogP contribution in [0.25, 0.3) is 0 Å². The molecule has 112 valence electrons. The Morgan fingerprint density at radius 2 is 2.20 bits per heavy atom. The van der Waals surface area contributed by atoms with Gasteiger partial charge in [-0.05, 0) is 25.5 Å². The van der Waals surface area contributed by atoms with Crippen molar-refractivity contribution in [2.24, 2.45) is 5.92 Å². The van der Waals surface area contributed by atoms with E-state index in [0.29, 0.717) is 5.56 Å². The average molecular weight is 301 g/mol. The highest BCUT2D eigenvalue weighted by Gasteiger charge is 2.22. The van der Waals surface area contributed by atoms with Crippen molar-refractivity contribution in [3.05, 3.63) is 17.8 Å². The van der Waals surface area contributed by atoms with E-state index in [1.165, 1.54) is 12.3 Å². The van der Waals surface area contributed by atoms with E-state index in [1.54, 1.807) is 20.8 Å². The molecule has 8 heteroatoms.